The summed E-state index contributed by atoms with van der Waals surface area (Å²) in [6.45, 7) is 0.966. The Balaban J connectivity index is 1.96. The van der Waals surface area contributed by atoms with Gasteiger partial charge in [0.25, 0.3) is 6.43 Å². The SMILES string of the molecule is COc1ncc(-c2ccc(F)c(C(F)F)c2)cc1CN1CCOC1=O. The van der Waals surface area contributed by atoms with E-state index in [0.717, 1.165) is 12.1 Å². The minimum Gasteiger partial charge on any atom is -0.481 e. The summed E-state index contributed by atoms with van der Waals surface area (Å²) < 4.78 is 49.4. The van der Waals surface area contributed by atoms with Crippen molar-refractivity contribution in [2.24, 2.45) is 0 Å². The van der Waals surface area contributed by atoms with Gasteiger partial charge in [-0.15, -0.1) is 0 Å². The predicted octanol–water partition coefficient (Wildman–Crippen LogP) is 3.79. The first-order chi connectivity index (χ1) is 12.0. The molecule has 1 amide bonds. The van der Waals surface area contributed by atoms with E-state index in [4.69, 9.17) is 9.47 Å². The number of hydrogen-bond donors (Lipinski definition) is 0. The van der Waals surface area contributed by atoms with Gasteiger partial charge in [0.2, 0.25) is 5.88 Å². The topological polar surface area (TPSA) is 51.7 Å². The van der Waals surface area contributed by atoms with Gasteiger partial charge >= 0.3 is 6.09 Å². The van der Waals surface area contributed by atoms with Crippen LogP contribution in [0.15, 0.2) is 30.5 Å². The number of hydrogen-bond acceptors (Lipinski definition) is 4. The van der Waals surface area contributed by atoms with E-state index in [9.17, 15) is 18.0 Å². The second-order valence-electron chi connectivity index (χ2n) is 5.47. The number of benzene rings is 1. The summed E-state index contributed by atoms with van der Waals surface area (Å²) >= 11 is 0. The molecule has 2 aromatic rings. The van der Waals surface area contributed by atoms with Crippen molar-refractivity contribution in [2.45, 2.75) is 13.0 Å². The van der Waals surface area contributed by atoms with Crippen molar-refractivity contribution >= 4 is 6.09 Å². The average molecular weight is 352 g/mol. The molecule has 0 spiro atoms. The number of aromatic nitrogens is 1. The van der Waals surface area contributed by atoms with Crippen molar-refractivity contribution in [3.63, 3.8) is 0 Å². The summed E-state index contributed by atoms with van der Waals surface area (Å²) in [5.41, 5.74) is 0.849. The number of cyclic esters (lactones) is 1. The van der Waals surface area contributed by atoms with Crippen molar-refractivity contribution in [1.82, 2.24) is 9.88 Å². The molecule has 0 saturated carbocycles. The lowest BCUT2D eigenvalue weighted by Crippen LogP contribution is -2.24. The van der Waals surface area contributed by atoms with E-state index in [-0.39, 0.29) is 6.54 Å². The molecule has 0 aliphatic carbocycles. The molecule has 3 rings (SSSR count). The number of methoxy groups -OCH3 is 1. The number of alkyl halides is 2. The Morgan fingerprint density at radius 2 is 2.12 bits per heavy atom. The highest BCUT2D eigenvalue weighted by Crippen LogP contribution is 2.30. The molecule has 0 radical (unpaired) electrons. The van der Waals surface area contributed by atoms with Gasteiger partial charge in [-0.2, -0.15) is 0 Å². The van der Waals surface area contributed by atoms with Gasteiger partial charge in [0, 0.05) is 17.3 Å². The lowest BCUT2D eigenvalue weighted by atomic mass is 10.0. The van der Waals surface area contributed by atoms with Crippen LogP contribution in [-0.4, -0.2) is 36.2 Å². The molecule has 8 heteroatoms. The summed E-state index contributed by atoms with van der Waals surface area (Å²) in [7, 11) is 1.45. The molecule has 0 bridgehead atoms. The van der Waals surface area contributed by atoms with Crippen LogP contribution in [0.1, 0.15) is 17.6 Å². The largest absolute Gasteiger partial charge is 0.481 e. The summed E-state index contributed by atoms with van der Waals surface area (Å²) in [5.74, 6) is -0.639. The first-order valence-corrected chi connectivity index (χ1v) is 7.52. The fourth-order valence-corrected chi connectivity index (χ4v) is 2.62. The minimum absolute atomic E-state index is 0.214. The second kappa shape index (κ2) is 7.00. The maximum atomic E-state index is 13.5. The molecule has 1 aromatic heterocycles. The van der Waals surface area contributed by atoms with Gasteiger partial charge in [0.15, 0.2) is 0 Å². The molecule has 2 heterocycles. The van der Waals surface area contributed by atoms with Crippen LogP contribution in [0.5, 0.6) is 5.88 Å². The van der Waals surface area contributed by atoms with Crippen LogP contribution < -0.4 is 4.74 Å². The third kappa shape index (κ3) is 3.52. The molecule has 0 unspecified atom stereocenters. The third-order valence-electron chi connectivity index (χ3n) is 3.89. The molecule has 1 aliphatic rings. The number of carbonyl (C=O) groups is 1. The van der Waals surface area contributed by atoms with E-state index in [2.05, 4.69) is 4.98 Å². The third-order valence-corrected chi connectivity index (χ3v) is 3.89. The Hall–Kier alpha value is -2.77. The zero-order valence-corrected chi connectivity index (χ0v) is 13.3. The molecule has 0 atom stereocenters. The monoisotopic (exact) mass is 352 g/mol. The minimum atomic E-state index is -2.91. The first-order valence-electron chi connectivity index (χ1n) is 7.52. The fraction of sp³-hybridized carbons (Fsp3) is 0.294. The first kappa shape index (κ1) is 17.1. The van der Waals surface area contributed by atoms with Crippen LogP contribution in [0.3, 0.4) is 0 Å². The number of rotatable bonds is 5. The van der Waals surface area contributed by atoms with E-state index < -0.39 is 23.9 Å². The molecule has 5 nitrogen and oxygen atoms in total. The average Bonchev–Trinajstić information content (AvgIpc) is 3.00. The van der Waals surface area contributed by atoms with Crippen LogP contribution in [0.2, 0.25) is 0 Å². The molecular weight excluding hydrogens is 337 g/mol. The van der Waals surface area contributed by atoms with Crippen molar-refractivity contribution < 1.29 is 27.4 Å². The van der Waals surface area contributed by atoms with Gasteiger partial charge in [-0.1, -0.05) is 6.07 Å². The summed E-state index contributed by atoms with van der Waals surface area (Å²) in [6.07, 6.45) is -1.90. The highest BCUT2D eigenvalue weighted by molar-refractivity contribution is 5.70. The van der Waals surface area contributed by atoms with Crippen molar-refractivity contribution in [2.75, 3.05) is 20.3 Å². The quantitative estimate of drug-likeness (QED) is 0.822. The van der Waals surface area contributed by atoms with E-state index in [1.807, 2.05) is 0 Å². The summed E-state index contributed by atoms with van der Waals surface area (Å²) in [5, 5.41) is 0. The smallest absolute Gasteiger partial charge is 0.410 e. The lowest BCUT2D eigenvalue weighted by Gasteiger charge is -2.16. The molecule has 25 heavy (non-hydrogen) atoms. The van der Waals surface area contributed by atoms with Crippen LogP contribution in [0.4, 0.5) is 18.0 Å². The van der Waals surface area contributed by atoms with Gasteiger partial charge < -0.3 is 14.4 Å². The van der Waals surface area contributed by atoms with E-state index in [0.29, 0.717) is 35.7 Å². The highest BCUT2D eigenvalue weighted by Gasteiger charge is 2.24. The molecule has 1 aromatic carbocycles. The molecule has 0 N–H and O–H groups in total. The van der Waals surface area contributed by atoms with Crippen molar-refractivity contribution in [3.05, 3.63) is 47.4 Å². The molecular formula is C17H15F3N2O3. The number of nitrogens with zero attached hydrogens (tertiary/aromatic N) is 2. The molecule has 1 aliphatic heterocycles. The Bertz CT molecular complexity index is 799. The van der Waals surface area contributed by atoms with E-state index >= 15 is 0 Å². The molecule has 132 valence electrons. The van der Waals surface area contributed by atoms with E-state index in [1.165, 1.54) is 24.3 Å². The zero-order valence-electron chi connectivity index (χ0n) is 13.3. The Kier molecular flexibility index (Phi) is 4.78. The van der Waals surface area contributed by atoms with Gasteiger partial charge in [0.05, 0.1) is 25.8 Å². The maximum Gasteiger partial charge on any atom is 0.410 e. The highest BCUT2D eigenvalue weighted by atomic mass is 19.3. The number of ether oxygens (including phenoxy) is 2. The molecule has 1 saturated heterocycles. The normalized spacial score (nSPS) is 14.1. The van der Waals surface area contributed by atoms with Gasteiger partial charge in [-0.3, -0.25) is 0 Å². The van der Waals surface area contributed by atoms with Crippen molar-refractivity contribution in [1.29, 1.82) is 0 Å². The Labute approximate surface area is 142 Å². The second-order valence-corrected chi connectivity index (χ2v) is 5.47. The lowest BCUT2D eigenvalue weighted by molar-refractivity contribution is 0.146. The standard InChI is InChI=1S/C17H15F3N2O3/c1-24-16-12(9-22-4-5-25-17(22)23)6-11(8-21-16)10-2-3-14(18)13(7-10)15(19)20/h2-3,6-8,15H,4-5,9H2,1H3. The number of carbonyl (C=O) groups excluding carboxylic acids is 1. The van der Waals surface area contributed by atoms with Crippen LogP contribution in [0.25, 0.3) is 11.1 Å². The van der Waals surface area contributed by atoms with Crippen LogP contribution in [-0.2, 0) is 11.3 Å². The Morgan fingerprint density at radius 3 is 2.76 bits per heavy atom. The fourth-order valence-electron chi connectivity index (χ4n) is 2.62. The zero-order chi connectivity index (χ0) is 18.0. The van der Waals surface area contributed by atoms with Crippen molar-refractivity contribution in [3.8, 4) is 17.0 Å². The van der Waals surface area contributed by atoms with Crippen LogP contribution >= 0.6 is 0 Å². The maximum absolute atomic E-state index is 13.5. The van der Waals surface area contributed by atoms with Gasteiger partial charge in [0.1, 0.15) is 12.4 Å². The number of pyridine rings is 1. The van der Waals surface area contributed by atoms with Gasteiger partial charge in [-0.25, -0.2) is 22.9 Å². The number of amides is 1. The summed E-state index contributed by atoms with van der Waals surface area (Å²) in [6, 6.07) is 5.18. The predicted molar refractivity (Wildman–Crippen MR) is 82.9 cm³/mol. The van der Waals surface area contributed by atoms with E-state index in [1.54, 1.807) is 6.07 Å². The van der Waals surface area contributed by atoms with Crippen LogP contribution in [0, 0.1) is 5.82 Å². The summed E-state index contributed by atoms with van der Waals surface area (Å²) in [4.78, 5) is 17.2. The Morgan fingerprint density at radius 1 is 1.32 bits per heavy atom. The number of halogens is 3. The molecule has 1 fully saturated rings. The van der Waals surface area contributed by atoms with Gasteiger partial charge in [-0.05, 0) is 23.8 Å².